The second-order valence-electron chi connectivity index (χ2n) is 14.5. The maximum Gasteiger partial charge on any atom is 0.306 e. The summed E-state index contributed by atoms with van der Waals surface area (Å²) in [5.41, 5.74) is 0. The minimum atomic E-state index is -1.60. The second kappa shape index (κ2) is 35.8. The number of carbonyl (C=O) groups is 2. The molecule has 1 rings (SSSR count). The van der Waals surface area contributed by atoms with Gasteiger partial charge in [0.25, 0.3) is 0 Å². The maximum atomic E-state index is 12.7. The first-order valence-corrected chi connectivity index (χ1v) is 21.3. The van der Waals surface area contributed by atoms with E-state index in [1.54, 1.807) is 0 Å². The third kappa shape index (κ3) is 27.6. The van der Waals surface area contributed by atoms with E-state index in [0.717, 1.165) is 64.2 Å². The lowest BCUT2D eigenvalue weighted by Crippen LogP contribution is -2.59. The van der Waals surface area contributed by atoms with Crippen LogP contribution in [0.1, 0.15) is 155 Å². The maximum absolute atomic E-state index is 12.7. The van der Waals surface area contributed by atoms with E-state index in [9.17, 15) is 30.0 Å². The van der Waals surface area contributed by atoms with Crippen molar-refractivity contribution in [1.82, 2.24) is 0 Å². The fraction of sp³-hybridized carbons (Fsp3) is 0.733. The van der Waals surface area contributed by atoms with E-state index in [2.05, 4.69) is 62.1 Å². The van der Waals surface area contributed by atoms with Crippen LogP contribution in [0.2, 0.25) is 0 Å². The lowest BCUT2D eigenvalue weighted by atomic mass is 9.99. The minimum Gasteiger partial charge on any atom is -0.462 e. The molecule has 0 aliphatic carbocycles. The summed E-state index contributed by atoms with van der Waals surface area (Å²) in [6.45, 7) is 4.77. The van der Waals surface area contributed by atoms with Gasteiger partial charge in [0, 0.05) is 12.8 Å². The Balaban J connectivity index is 2.38. The number of unbranched alkanes of at least 4 members (excludes halogenated alkanes) is 15. The molecule has 0 saturated carbocycles. The Bertz CT molecular complexity index is 1070. The van der Waals surface area contributed by atoms with E-state index in [1.165, 1.54) is 57.8 Å². The molecule has 10 nitrogen and oxygen atoms in total. The number of hydrogen-bond donors (Lipinski definition) is 4. The summed E-state index contributed by atoms with van der Waals surface area (Å²) in [6.07, 6.45) is 34.1. The van der Waals surface area contributed by atoms with Crippen molar-refractivity contribution in [2.45, 2.75) is 191 Å². The number of rotatable bonds is 35. The van der Waals surface area contributed by atoms with Crippen molar-refractivity contribution in [3.63, 3.8) is 0 Å². The predicted molar refractivity (Wildman–Crippen MR) is 219 cm³/mol. The molecule has 55 heavy (non-hydrogen) atoms. The molecule has 0 amide bonds. The molecule has 1 heterocycles. The summed E-state index contributed by atoms with van der Waals surface area (Å²) in [5, 5.41) is 40.0. The van der Waals surface area contributed by atoms with Gasteiger partial charge in [0.1, 0.15) is 31.0 Å². The lowest BCUT2D eigenvalue weighted by molar-refractivity contribution is -0.305. The fourth-order valence-electron chi connectivity index (χ4n) is 6.16. The van der Waals surface area contributed by atoms with Crippen LogP contribution in [0.4, 0.5) is 0 Å². The van der Waals surface area contributed by atoms with Gasteiger partial charge in [0.15, 0.2) is 12.4 Å². The number of aliphatic hydroxyl groups excluding tert-OH is 4. The van der Waals surface area contributed by atoms with E-state index in [-0.39, 0.29) is 26.1 Å². The highest BCUT2D eigenvalue weighted by molar-refractivity contribution is 5.70. The number of ether oxygens (including phenoxy) is 4. The molecule has 0 bridgehead atoms. The molecule has 0 radical (unpaired) electrons. The summed E-state index contributed by atoms with van der Waals surface area (Å²) >= 11 is 0. The van der Waals surface area contributed by atoms with Gasteiger partial charge in [-0.25, -0.2) is 0 Å². The molecule has 1 fully saturated rings. The van der Waals surface area contributed by atoms with Gasteiger partial charge in [-0.2, -0.15) is 0 Å². The van der Waals surface area contributed by atoms with Crippen LogP contribution in [0, 0.1) is 0 Å². The highest BCUT2D eigenvalue weighted by atomic mass is 16.7. The van der Waals surface area contributed by atoms with Gasteiger partial charge in [-0.05, 0) is 64.2 Å². The monoisotopic (exact) mass is 777 g/mol. The van der Waals surface area contributed by atoms with Crippen molar-refractivity contribution in [2.75, 3.05) is 19.8 Å². The molecule has 4 N–H and O–H groups in total. The quantitative estimate of drug-likeness (QED) is 0.0280. The molecule has 1 saturated heterocycles. The van der Waals surface area contributed by atoms with Crippen LogP contribution in [-0.2, 0) is 28.5 Å². The van der Waals surface area contributed by atoms with Crippen molar-refractivity contribution in [3.8, 4) is 0 Å². The van der Waals surface area contributed by atoms with Gasteiger partial charge < -0.3 is 39.4 Å². The Morgan fingerprint density at radius 2 is 1.11 bits per heavy atom. The summed E-state index contributed by atoms with van der Waals surface area (Å²) < 4.78 is 22.1. The zero-order chi connectivity index (χ0) is 40.2. The van der Waals surface area contributed by atoms with Gasteiger partial charge in [-0.1, -0.05) is 132 Å². The Kier molecular flexibility index (Phi) is 32.8. The van der Waals surface area contributed by atoms with Crippen LogP contribution in [0.15, 0.2) is 61.3 Å². The van der Waals surface area contributed by atoms with Crippen molar-refractivity contribution in [1.29, 1.82) is 0 Å². The summed E-state index contributed by atoms with van der Waals surface area (Å²) in [5.74, 6) is -0.862. The van der Waals surface area contributed by atoms with Crippen molar-refractivity contribution in [3.05, 3.63) is 61.3 Å². The summed E-state index contributed by atoms with van der Waals surface area (Å²) in [6, 6.07) is 0. The van der Waals surface area contributed by atoms with Crippen molar-refractivity contribution < 1.29 is 49.0 Å². The predicted octanol–water partition coefficient (Wildman–Crippen LogP) is 8.66. The van der Waals surface area contributed by atoms with Gasteiger partial charge in [0.05, 0.1) is 13.2 Å². The number of carbonyl (C=O) groups excluding carboxylic acids is 2. The van der Waals surface area contributed by atoms with Crippen LogP contribution in [0.3, 0.4) is 0 Å². The number of aliphatic hydroxyl groups is 4. The van der Waals surface area contributed by atoms with Gasteiger partial charge in [0.2, 0.25) is 0 Å². The SMILES string of the molecule is C=CCCCCCCCCCCCCCCCC(=O)O[C@@H](COC(=O)CCCC/C=C/C/C=C/C/C=C/C/C=C/CC)CO[C@H]1O[C@@H](CO)[C@@H](O)C(O)C1O. The van der Waals surface area contributed by atoms with Crippen LogP contribution in [0.25, 0.3) is 0 Å². The topological polar surface area (TPSA) is 152 Å². The third-order valence-corrected chi connectivity index (χ3v) is 9.53. The van der Waals surface area contributed by atoms with E-state index in [0.29, 0.717) is 12.8 Å². The zero-order valence-corrected chi connectivity index (χ0v) is 34.0. The first-order chi connectivity index (χ1) is 26.8. The summed E-state index contributed by atoms with van der Waals surface area (Å²) in [7, 11) is 0. The Labute approximate surface area is 332 Å². The molecule has 1 aliphatic rings. The standard InChI is InChI=1S/C45H76O10/c1-3-5-7-9-11-13-15-17-19-21-23-25-27-29-31-33-40(47)52-36-38(37-53-45-44(51)43(50)42(49)39(35-46)55-45)54-41(48)34-32-30-28-26-24-22-20-18-16-14-12-10-8-6-4-2/h4-5,7,11,13,17,19,23,25,38-39,42-46,49-51H,2-3,6,8-10,12,14-16,18,20-22,24,26-37H2,1H3/b7-5+,13-11+,19-17+,25-23+/t38-,39-,42+,43?,44?,45-/m0/s1. The number of hydrogen-bond acceptors (Lipinski definition) is 10. The van der Waals surface area contributed by atoms with E-state index in [1.807, 2.05) is 6.08 Å². The van der Waals surface area contributed by atoms with Gasteiger partial charge >= 0.3 is 11.9 Å². The molecule has 6 atom stereocenters. The Hall–Kier alpha value is -2.60. The minimum absolute atomic E-state index is 0.217. The molecule has 0 aromatic heterocycles. The largest absolute Gasteiger partial charge is 0.462 e. The van der Waals surface area contributed by atoms with Crippen LogP contribution >= 0.6 is 0 Å². The number of esters is 2. The van der Waals surface area contributed by atoms with E-state index >= 15 is 0 Å². The van der Waals surface area contributed by atoms with Crippen molar-refractivity contribution in [2.24, 2.45) is 0 Å². The van der Waals surface area contributed by atoms with Crippen LogP contribution in [0.5, 0.6) is 0 Å². The second-order valence-corrected chi connectivity index (χ2v) is 14.5. The van der Waals surface area contributed by atoms with Crippen molar-refractivity contribution >= 4 is 11.9 Å². The highest BCUT2D eigenvalue weighted by Gasteiger charge is 2.44. The van der Waals surface area contributed by atoms with E-state index in [4.69, 9.17) is 18.9 Å². The average Bonchev–Trinajstić information content (AvgIpc) is 3.18. The highest BCUT2D eigenvalue weighted by Crippen LogP contribution is 2.22. The van der Waals surface area contributed by atoms with Crippen LogP contribution < -0.4 is 0 Å². The first kappa shape index (κ1) is 50.4. The average molecular weight is 777 g/mol. The molecule has 316 valence electrons. The lowest BCUT2D eigenvalue weighted by Gasteiger charge is -2.39. The molecular weight excluding hydrogens is 700 g/mol. The normalized spacial score (nSPS) is 20.9. The Morgan fingerprint density at radius 1 is 0.618 bits per heavy atom. The van der Waals surface area contributed by atoms with E-state index < -0.39 is 55.4 Å². The fourth-order valence-corrected chi connectivity index (χ4v) is 6.16. The third-order valence-electron chi connectivity index (χ3n) is 9.53. The van der Waals surface area contributed by atoms with Crippen LogP contribution in [-0.4, -0.2) is 89.0 Å². The van der Waals surface area contributed by atoms with Gasteiger partial charge in [-0.15, -0.1) is 6.58 Å². The molecule has 0 spiro atoms. The molecule has 10 heteroatoms. The smallest absolute Gasteiger partial charge is 0.306 e. The molecule has 1 aliphatic heterocycles. The molecule has 0 aromatic carbocycles. The zero-order valence-electron chi connectivity index (χ0n) is 34.0. The molecule has 0 aromatic rings. The molecule has 2 unspecified atom stereocenters. The summed E-state index contributed by atoms with van der Waals surface area (Å²) in [4.78, 5) is 25.3. The first-order valence-electron chi connectivity index (χ1n) is 21.3. The number of allylic oxidation sites excluding steroid dienone is 9. The Morgan fingerprint density at radius 3 is 1.67 bits per heavy atom. The van der Waals surface area contributed by atoms with Gasteiger partial charge in [-0.3, -0.25) is 9.59 Å². The molecular formula is C45H76O10.